The van der Waals surface area contributed by atoms with Crippen LogP contribution in [0, 0.1) is 0 Å². The number of hydrogen-bond acceptors (Lipinski definition) is 0. The second-order valence-corrected chi connectivity index (χ2v) is 3.21. The third-order valence-corrected chi connectivity index (χ3v) is 1.55. The summed E-state index contributed by atoms with van der Waals surface area (Å²) in [5, 5.41) is 0. The molecule has 8 heavy (non-hydrogen) atoms. The van der Waals surface area contributed by atoms with E-state index in [1.165, 1.54) is 0 Å². The van der Waals surface area contributed by atoms with Crippen LogP contribution in [0.15, 0.2) is 0 Å². The second kappa shape index (κ2) is 3.13. The van der Waals surface area contributed by atoms with Gasteiger partial charge in [-0.3, -0.25) is 0 Å². The van der Waals surface area contributed by atoms with E-state index in [4.69, 9.17) is 0 Å². The van der Waals surface area contributed by atoms with Gasteiger partial charge in [-0.05, 0) is 13.8 Å². The fraction of sp³-hybridized carbons (Fsp3) is 1.00. The van der Waals surface area contributed by atoms with Crippen LogP contribution in [0.1, 0.15) is 13.8 Å². The third-order valence-electron chi connectivity index (χ3n) is 1.55. The zero-order chi connectivity index (χ0) is 6.08. The van der Waals surface area contributed by atoms with Crippen LogP contribution in [-0.4, -0.2) is 40.1 Å². The highest BCUT2D eigenvalue weighted by Gasteiger charge is 2.10. The Morgan fingerprint density at radius 3 is 1.12 bits per heavy atom. The maximum Gasteiger partial charge on any atom is 0.0827 e. The Hall–Kier alpha value is 0.0249. The first-order chi connectivity index (χ1) is 2.94. The molecule has 1 nitrogen and oxygen atoms in total. The van der Waals surface area contributed by atoms with Crippen LogP contribution < -0.4 is 0 Å². The summed E-state index contributed by atoms with van der Waals surface area (Å²) in [7, 11) is 6.60. The summed E-state index contributed by atoms with van der Waals surface area (Å²) in [5.41, 5.74) is 0. The van der Waals surface area contributed by atoms with Crippen LogP contribution in [0.5, 0.6) is 0 Å². The zero-order valence-electron chi connectivity index (χ0n) is 6.02. The molecule has 0 aliphatic carbocycles. The summed E-state index contributed by atoms with van der Waals surface area (Å²) in [4.78, 5) is 0. The molecule has 0 aliphatic heterocycles. The fourth-order valence-electron chi connectivity index (χ4n) is 0. The Morgan fingerprint density at radius 1 is 1.00 bits per heavy atom. The lowest BCUT2D eigenvalue weighted by Gasteiger charge is -2.28. The van der Waals surface area contributed by atoms with Crippen molar-refractivity contribution in [1.29, 1.82) is 0 Å². The molecule has 0 spiro atoms. The maximum atomic E-state index is 2.22. The molecule has 0 aromatic carbocycles. The summed E-state index contributed by atoms with van der Waals surface area (Å²) in [6.07, 6.45) is 0. The number of rotatable bonds is 1. The summed E-state index contributed by atoms with van der Waals surface area (Å²) >= 11 is 0. The molecule has 0 heterocycles. The van der Waals surface area contributed by atoms with Crippen LogP contribution in [0.4, 0.5) is 0 Å². The molecule has 0 rings (SSSR count). The van der Waals surface area contributed by atoms with Crippen molar-refractivity contribution >= 4 is 8.41 Å². The Labute approximate surface area is 54.9 Å². The molecule has 0 aromatic heterocycles. The first-order valence-corrected chi connectivity index (χ1v) is 2.75. The minimum Gasteiger partial charge on any atom is -0.329 e. The smallest absolute Gasteiger partial charge is 0.0827 e. The van der Waals surface area contributed by atoms with Crippen molar-refractivity contribution in [1.82, 2.24) is 0 Å². The van der Waals surface area contributed by atoms with Crippen molar-refractivity contribution in [2.45, 2.75) is 19.9 Å². The quantitative estimate of drug-likeness (QED) is 0.332. The lowest BCUT2D eigenvalue weighted by molar-refractivity contribution is -0.891. The van der Waals surface area contributed by atoms with Crippen LogP contribution in [0.2, 0.25) is 0 Å². The number of quaternary nitrogens is 1. The molecule has 0 bridgehead atoms. The molecule has 0 aromatic rings. The summed E-state index contributed by atoms with van der Waals surface area (Å²) in [6.45, 7) is 4.44. The fourth-order valence-corrected chi connectivity index (χ4v) is 0. The molecule has 0 fully saturated rings. The van der Waals surface area contributed by atoms with Gasteiger partial charge in [0.2, 0.25) is 0 Å². The average molecular weight is 116 g/mol. The van der Waals surface area contributed by atoms with Crippen molar-refractivity contribution < 1.29 is 4.48 Å². The molecule has 0 saturated heterocycles. The van der Waals surface area contributed by atoms with Crippen LogP contribution in [0.3, 0.4) is 0 Å². The number of nitrogens with zero attached hydrogens (tertiary/aromatic N) is 1. The lowest BCUT2D eigenvalue weighted by atomic mass is 10.3. The van der Waals surface area contributed by atoms with Gasteiger partial charge in [-0.1, -0.05) is 0 Å². The largest absolute Gasteiger partial charge is 0.329 e. The van der Waals surface area contributed by atoms with Gasteiger partial charge in [-0.15, -0.1) is 0 Å². The van der Waals surface area contributed by atoms with Crippen molar-refractivity contribution in [2.75, 3.05) is 21.1 Å². The summed E-state index contributed by atoms with van der Waals surface area (Å²) in [6, 6.07) is 0.736. The first-order valence-electron chi connectivity index (χ1n) is 2.75. The van der Waals surface area contributed by atoms with E-state index in [2.05, 4.69) is 35.0 Å². The molecule has 0 radical (unpaired) electrons. The van der Waals surface area contributed by atoms with Gasteiger partial charge >= 0.3 is 0 Å². The van der Waals surface area contributed by atoms with Gasteiger partial charge in [-0.25, -0.2) is 0 Å². The van der Waals surface area contributed by atoms with E-state index in [0.29, 0.717) is 0 Å². The van der Waals surface area contributed by atoms with E-state index in [0.717, 1.165) is 10.5 Å². The minimum atomic E-state index is 0. The Balaban J connectivity index is 0. The van der Waals surface area contributed by atoms with E-state index in [1.807, 2.05) is 0 Å². The van der Waals surface area contributed by atoms with E-state index < -0.39 is 0 Å². The van der Waals surface area contributed by atoms with Gasteiger partial charge in [0.25, 0.3) is 0 Å². The zero-order valence-corrected chi connectivity index (χ0v) is 6.02. The number of hydrogen-bond donors (Lipinski definition) is 0. The van der Waals surface area contributed by atoms with E-state index in [-0.39, 0.29) is 8.41 Å². The summed E-state index contributed by atoms with van der Waals surface area (Å²) in [5.74, 6) is 0. The maximum absolute atomic E-state index is 2.22. The first kappa shape index (κ1) is 10.9. The standard InChI is InChI=1S/C6H16N.BH3/c1-6(2)7(3,4)5;/h6H,1-5H3;1H3/q+1;. The highest BCUT2D eigenvalue weighted by molar-refractivity contribution is 5.75. The van der Waals surface area contributed by atoms with Crippen LogP contribution in [0.25, 0.3) is 0 Å². The molecule has 0 amide bonds. The van der Waals surface area contributed by atoms with E-state index in [1.54, 1.807) is 0 Å². The molecule has 50 valence electrons. The Kier molecular flexibility index (Phi) is 4.27. The van der Waals surface area contributed by atoms with Crippen molar-refractivity contribution in [3.63, 3.8) is 0 Å². The monoisotopic (exact) mass is 116 g/mol. The van der Waals surface area contributed by atoms with Gasteiger partial charge in [0.15, 0.2) is 0 Å². The topological polar surface area (TPSA) is 0 Å². The van der Waals surface area contributed by atoms with Crippen molar-refractivity contribution in [2.24, 2.45) is 0 Å². The van der Waals surface area contributed by atoms with Gasteiger partial charge in [0.05, 0.1) is 35.6 Å². The highest BCUT2D eigenvalue weighted by atomic mass is 15.3. The molecule has 0 saturated carbocycles. The molecular weight excluding hydrogens is 96.9 g/mol. The average Bonchev–Trinajstić information content (AvgIpc) is 1.31. The Bertz CT molecular complexity index is 54.0. The van der Waals surface area contributed by atoms with Gasteiger partial charge in [0.1, 0.15) is 0 Å². The van der Waals surface area contributed by atoms with E-state index >= 15 is 0 Å². The molecule has 0 N–H and O–H groups in total. The SMILES string of the molecule is B.CC(C)[N+](C)(C)C. The van der Waals surface area contributed by atoms with Crippen LogP contribution in [-0.2, 0) is 0 Å². The molecule has 2 heteroatoms. The van der Waals surface area contributed by atoms with Crippen molar-refractivity contribution in [3.8, 4) is 0 Å². The lowest BCUT2D eigenvalue weighted by Crippen LogP contribution is -2.41. The normalized spacial score (nSPS) is 11.2. The van der Waals surface area contributed by atoms with Crippen molar-refractivity contribution in [3.05, 3.63) is 0 Å². The molecular formula is C6H19BN+. The summed E-state index contributed by atoms with van der Waals surface area (Å²) < 4.78 is 1.06. The third kappa shape index (κ3) is 4.19. The molecule has 0 aliphatic rings. The minimum absolute atomic E-state index is 0. The van der Waals surface area contributed by atoms with Crippen LogP contribution >= 0.6 is 0 Å². The highest BCUT2D eigenvalue weighted by Crippen LogP contribution is 1.97. The van der Waals surface area contributed by atoms with Gasteiger partial charge in [0, 0.05) is 0 Å². The second-order valence-electron chi connectivity index (χ2n) is 3.21. The Morgan fingerprint density at radius 2 is 1.12 bits per heavy atom. The predicted molar refractivity (Wildman–Crippen MR) is 43.1 cm³/mol. The molecule has 0 atom stereocenters. The van der Waals surface area contributed by atoms with E-state index in [9.17, 15) is 0 Å². The van der Waals surface area contributed by atoms with Gasteiger partial charge < -0.3 is 4.48 Å². The predicted octanol–water partition coefficient (Wildman–Crippen LogP) is -0.0829. The van der Waals surface area contributed by atoms with Gasteiger partial charge in [-0.2, -0.15) is 0 Å². The molecule has 0 unspecified atom stereocenters.